The summed E-state index contributed by atoms with van der Waals surface area (Å²) in [4.78, 5) is 25.3. The normalized spacial score (nSPS) is 16.3. The van der Waals surface area contributed by atoms with E-state index in [1.807, 2.05) is 6.92 Å². The Labute approximate surface area is 107 Å². The lowest BCUT2D eigenvalue weighted by molar-refractivity contribution is 0.0511. The van der Waals surface area contributed by atoms with E-state index < -0.39 is 6.04 Å². The van der Waals surface area contributed by atoms with E-state index in [2.05, 4.69) is 15.9 Å². The van der Waals surface area contributed by atoms with Crippen LogP contribution in [0, 0.1) is 0 Å². The maximum atomic E-state index is 12.1. The van der Waals surface area contributed by atoms with Crippen LogP contribution in [0.25, 0.3) is 0 Å². The number of aliphatic hydroxyl groups is 1. The highest BCUT2D eigenvalue weighted by atomic mass is 79.9. The molecule has 0 saturated heterocycles. The third-order valence-electron chi connectivity index (χ3n) is 2.93. The average Bonchev–Trinajstić information content (AvgIpc) is 2.56. The maximum Gasteiger partial charge on any atom is 0.261 e. The van der Waals surface area contributed by atoms with E-state index in [1.165, 1.54) is 0 Å². The highest BCUT2D eigenvalue weighted by molar-refractivity contribution is 9.10. The molecule has 2 rings (SSSR count). The van der Waals surface area contributed by atoms with Gasteiger partial charge in [0.05, 0.1) is 23.8 Å². The van der Waals surface area contributed by atoms with Crippen LogP contribution in [0.5, 0.6) is 0 Å². The van der Waals surface area contributed by atoms with Gasteiger partial charge in [0, 0.05) is 4.47 Å². The Balaban J connectivity index is 2.45. The lowest BCUT2D eigenvalue weighted by Crippen LogP contribution is -2.41. The molecule has 90 valence electrons. The maximum absolute atomic E-state index is 12.1. The lowest BCUT2D eigenvalue weighted by atomic mass is 10.1. The molecule has 2 amide bonds. The molecule has 0 unspecified atom stereocenters. The molecule has 0 spiro atoms. The van der Waals surface area contributed by atoms with E-state index >= 15 is 0 Å². The molecular formula is C12H12BrNO3. The van der Waals surface area contributed by atoms with Crippen molar-refractivity contribution in [2.75, 3.05) is 6.61 Å². The summed E-state index contributed by atoms with van der Waals surface area (Å²) in [5.41, 5.74) is 0.807. The van der Waals surface area contributed by atoms with E-state index in [0.29, 0.717) is 17.5 Å². The molecule has 0 saturated carbocycles. The van der Waals surface area contributed by atoms with Gasteiger partial charge >= 0.3 is 0 Å². The lowest BCUT2D eigenvalue weighted by Gasteiger charge is -2.22. The van der Waals surface area contributed by atoms with Crippen molar-refractivity contribution in [1.82, 2.24) is 4.90 Å². The van der Waals surface area contributed by atoms with Crippen molar-refractivity contribution in [3.05, 3.63) is 33.8 Å². The molecule has 0 aliphatic carbocycles. The second-order valence-electron chi connectivity index (χ2n) is 3.91. The SMILES string of the molecule is CC[C@H](CO)N1C(=O)c2ccc(Br)cc2C1=O. The molecule has 0 bridgehead atoms. The number of hydrogen-bond acceptors (Lipinski definition) is 3. The predicted molar refractivity (Wildman–Crippen MR) is 65.8 cm³/mol. The first-order chi connectivity index (χ1) is 8.10. The zero-order valence-electron chi connectivity index (χ0n) is 9.31. The van der Waals surface area contributed by atoms with Gasteiger partial charge in [0.1, 0.15) is 0 Å². The van der Waals surface area contributed by atoms with Crippen molar-refractivity contribution in [1.29, 1.82) is 0 Å². The number of rotatable bonds is 3. The van der Waals surface area contributed by atoms with Crippen LogP contribution in [-0.4, -0.2) is 34.5 Å². The van der Waals surface area contributed by atoms with Gasteiger partial charge < -0.3 is 5.11 Å². The van der Waals surface area contributed by atoms with Gasteiger partial charge in [-0.05, 0) is 24.6 Å². The fourth-order valence-electron chi connectivity index (χ4n) is 1.96. The van der Waals surface area contributed by atoms with Gasteiger partial charge in [0.2, 0.25) is 0 Å². The van der Waals surface area contributed by atoms with E-state index in [-0.39, 0.29) is 18.4 Å². The minimum atomic E-state index is -0.443. The largest absolute Gasteiger partial charge is 0.394 e. The molecule has 1 aromatic carbocycles. The third kappa shape index (κ3) is 1.89. The fraction of sp³-hybridized carbons (Fsp3) is 0.333. The van der Waals surface area contributed by atoms with Crippen LogP contribution in [0.3, 0.4) is 0 Å². The van der Waals surface area contributed by atoms with Gasteiger partial charge in [-0.2, -0.15) is 0 Å². The summed E-state index contributed by atoms with van der Waals surface area (Å²) < 4.78 is 0.760. The van der Waals surface area contributed by atoms with Crippen LogP contribution >= 0.6 is 15.9 Å². The second kappa shape index (κ2) is 4.58. The molecule has 1 aliphatic heterocycles. The van der Waals surface area contributed by atoms with E-state index in [4.69, 9.17) is 0 Å². The van der Waals surface area contributed by atoms with Gasteiger partial charge in [-0.15, -0.1) is 0 Å². The topological polar surface area (TPSA) is 57.6 Å². The van der Waals surface area contributed by atoms with Gasteiger partial charge in [-0.1, -0.05) is 22.9 Å². The van der Waals surface area contributed by atoms with Crippen LogP contribution in [0.2, 0.25) is 0 Å². The number of hydrogen-bond donors (Lipinski definition) is 1. The quantitative estimate of drug-likeness (QED) is 0.866. The third-order valence-corrected chi connectivity index (χ3v) is 3.42. The molecule has 0 aromatic heterocycles. The highest BCUT2D eigenvalue weighted by Gasteiger charge is 2.39. The van der Waals surface area contributed by atoms with Crippen LogP contribution < -0.4 is 0 Å². The van der Waals surface area contributed by atoms with Crippen molar-refractivity contribution in [3.8, 4) is 0 Å². The molecule has 17 heavy (non-hydrogen) atoms. The molecular weight excluding hydrogens is 286 g/mol. The Kier molecular flexibility index (Phi) is 3.31. The number of carbonyl (C=O) groups excluding carboxylic acids is 2. The Morgan fingerprint density at radius 1 is 1.29 bits per heavy atom. The monoisotopic (exact) mass is 297 g/mol. The van der Waals surface area contributed by atoms with Gasteiger partial charge in [-0.25, -0.2) is 0 Å². The molecule has 0 fully saturated rings. The summed E-state index contributed by atoms with van der Waals surface area (Å²) in [7, 11) is 0. The minimum Gasteiger partial charge on any atom is -0.394 e. The summed E-state index contributed by atoms with van der Waals surface area (Å²) in [6, 6.07) is 4.55. The second-order valence-corrected chi connectivity index (χ2v) is 4.83. The number of fused-ring (bicyclic) bond motifs is 1. The van der Waals surface area contributed by atoms with Crippen molar-refractivity contribution in [2.45, 2.75) is 19.4 Å². The van der Waals surface area contributed by atoms with Gasteiger partial charge in [-0.3, -0.25) is 14.5 Å². The molecule has 4 nitrogen and oxygen atoms in total. The number of aliphatic hydroxyl groups excluding tert-OH is 1. The van der Waals surface area contributed by atoms with Crippen molar-refractivity contribution in [2.24, 2.45) is 0 Å². The zero-order valence-corrected chi connectivity index (χ0v) is 10.9. The molecule has 0 radical (unpaired) electrons. The number of amides is 2. The van der Waals surface area contributed by atoms with Crippen LogP contribution in [0.1, 0.15) is 34.1 Å². The molecule has 1 aromatic rings. The van der Waals surface area contributed by atoms with Gasteiger partial charge in [0.15, 0.2) is 0 Å². The van der Waals surface area contributed by atoms with Crippen molar-refractivity contribution >= 4 is 27.7 Å². The Bertz CT molecular complexity index is 483. The standard InChI is InChI=1S/C12H12BrNO3/c1-2-8(6-15)14-11(16)9-4-3-7(13)5-10(9)12(14)17/h3-5,8,15H,2,6H2,1H3/t8-/m1/s1. The van der Waals surface area contributed by atoms with Crippen LogP contribution in [0.15, 0.2) is 22.7 Å². The number of benzene rings is 1. The fourth-order valence-corrected chi connectivity index (χ4v) is 2.32. The Hall–Kier alpha value is -1.20. The molecule has 1 N–H and O–H groups in total. The summed E-state index contributed by atoms with van der Waals surface area (Å²) in [5.74, 6) is -0.648. The first kappa shape index (κ1) is 12.3. The zero-order chi connectivity index (χ0) is 12.6. The predicted octanol–water partition coefficient (Wildman–Crippen LogP) is 1.82. The molecule has 5 heteroatoms. The van der Waals surface area contributed by atoms with E-state index in [9.17, 15) is 14.7 Å². The molecule has 1 heterocycles. The summed E-state index contributed by atoms with van der Waals surface area (Å²) >= 11 is 3.27. The van der Waals surface area contributed by atoms with E-state index in [0.717, 1.165) is 9.37 Å². The molecule has 1 aliphatic rings. The Morgan fingerprint density at radius 2 is 1.94 bits per heavy atom. The summed E-state index contributed by atoms with van der Waals surface area (Å²) in [6.07, 6.45) is 0.545. The van der Waals surface area contributed by atoms with Crippen molar-refractivity contribution in [3.63, 3.8) is 0 Å². The molecule has 1 atom stereocenters. The first-order valence-corrected chi connectivity index (χ1v) is 6.17. The van der Waals surface area contributed by atoms with E-state index in [1.54, 1.807) is 18.2 Å². The van der Waals surface area contributed by atoms with Crippen LogP contribution in [0.4, 0.5) is 0 Å². The number of carbonyl (C=O) groups is 2. The summed E-state index contributed by atoms with van der Waals surface area (Å²) in [6.45, 7) is 1.63. The van der Waals surface area contributed by atoms with Gasteiger partial charge in [0.25, 0.3) is 11.8 Å². The van der Waals surface area contributed by atoms with Crippen molar-refractivity contribution < 1.29 is 14.7 Å². The Morgan fingerprint density at radius 3 is 2.53 bits per heavy atom. The average molecular weight is 298 g/mol. The number of nitrogens with zero attached hydrogens (tertiary/aromatic N) is 1. The number of halogens is 1. The first-order valence-electron chi connectivity index (χ1n) is 5.38. The smallest absolute Gasteiger partial charge is 0.261 e. The highest BCUT2D eigenvalue weighted by Crippen LogP contribution is 2.28. The minimum absolute atomic E-state index is 0.205. The summed E-state index contributed by atoms with van der Waals surface area (Å²) in [5, 5.41) is 9.20. The van der Waals surface area contributed by atoms with Crippen LogP contribution in [-0.2, 0) is 0 Å². The number of imide groups is 1.